The summed E-state index contributed by atoms with van der Waals surface area (Å²) in [5, 5.41) is 3.34. The van der Waals surface area contributed by atoms with Crippen LogP contribution in [0.4, 0.5) is 5.82 Å². The molecule has 1 aliphatic rings. The lowest BCUT2D eigenvalue weighted by molar-refractivity contribution is 0.866. The molecule has 1 aliphatic carbocycles. The molecule has 0 amide bonds. The summed E-state index contributed by atoms with van der Waals surface area (Å²) in [6.07, 6.45) is 3.59. The number of anilines is 1. The average molecular weight is 256 g/mol. The van der Waals surface area contributed by atoms with Crippen LogP contribution in [0.2, 0.25) is 0 Å². The molecule has 1 fully saturated rings. The SMILES string of the molecule is CCc1nc(Br)cc(NCC2CC2)n1. The molecule has 0 radical (unpaired) electrons. The van der Waals surface area contributed by atoms with Crippen molar-refractivity contribution in [3.63, 3.8) is 0 Å². The molecule has 2 rings (SSSR count). The average Bonchev–Trinajstić information content (AvgIpc) is 2.97. The van der Waals surface area contributed by atoms with Gasteiger partial charge in [0.15, 0.2) is 0 Å². The highest BCUT2D eigenvalue weighted by atomic mass is 79.9. The van der Waals surface area contributed by atoms with Gasteiger partial charge in [-0.25, -0.2) is 9.97 Å². The molecule has 0 saturated heterocycles. The van der Waals surface area contributed by atoms with Gasteiger partial charge in [0, 0.05) is 19.0 Å². The zero-order valence-electron chi connectivity index (χ0n) is 8.26. The summed E-state index contributed by atoms with van der Waals surface area (Å²) in [7, 11) is 0. The van der Waals surface area contributed by atoms with E-state index >= 15 is 0 Å². The fraction of sp³-hybridized carbons (Fsp3) is 0.600. The number of aromatic nitrogens is 2. The van der Waals surface area contributed by atoms with E-state index < -0.39 is 0 Å². The molecule has 0 spiro atoms. The molecule has 14 heavy (non-hydrogen) atoms. The summed E-state index contributed by atoms with van der Waals surface area (Å²) in [6, 6.07) is 1.93. The number of rotatable bonds is 4. The van der Waals surface area contributed by atoms with E-state index in [0.29, 0.717) is 0 Å². The Balaban J connectivity index is 2.03. The first kappa shape index (κ1) is 9.90. The first-order chi connectivity index (χ1) is 6.78. The number of nitrogens with one attached hydrogen (secondary N) is 1. The van der Waals surface area contributed by atoms with Gasteiger partial charge in [-0.05, 0) is 34.7 Å². The molecule has 0 atom stereocenters. The molecule has 0 bridgehead atoms. The molecule has 0 aliphatic heterocycles. The number of hydrogen-bond donors (Lipinski definition) is 1. The maximum Gasteiger partial charge on any atom is 0.131 e. The van der Waals surface area contributed by atoms with Crippen LogP contribution < -0.4 is 5.32 Å². The van der Waals surface area contributed by atoms with E-state index in [-0.39, 0.29) is 0 Å². The highest BCUT2D eigenvalue weighted by Crippen LogP contribution is 2.28. The van der Waals surface area contributed by atoms with Crippen molar-refractivity contribution in [2.75, 3.05) is 11.9 Å². The molecule has 1 N–H and O–H groups in total. The number of nitrogens with zero attached hydrogens (tertiary/aromatic N) is 2. The van der Waals surface area contributed by atoms with Gasteiger partial charge in [0.2, 0.25) is 0 Å². The van der Waals surface area contributed by atoms with Gasteiger partial charge in [0.1, 0.15) is 16.2 Å². The zero-order valence-corrected chi connectivity index (χ0v) is 9.84. The summed E-state index contributed by atoms with van der Waals surface area (Å²) in [6.45, 7) is 3.11. The molecule has 1 aromatic rings. The Morgan fingerprint density at radius 1 is 1.50 bits per heavy atom. The van der Waals surface area contributed by atoms with E-state index in [9.17, 15) is 0 Å². The molecule has 4 heteroatoms. The zero-order chi connectivity index (χ0) is 9.97. The van der Waals surface area contributed by atoms with Crippen molar-refractivity contribution in [1.29, 1.82) is 0 Å². The van der Waals surface area contributed by atoms with Crippen molar-refractivity contribution >= 4 is 21.7 Å². The van der Waals surface area contributed by atoms with E-state index in [2.05, 4.69) is 38.1 Å². The second-order valence-electron chi connectivity index (χ2n) is 3.67. The van der Waals surface area contributed by atoms with Crippen LogP contribution >= 0.6 is 15.9 Å². The Hall–Kier alpha value is -0.640. The number of aryl methyl sites for hydroxylation is 1. The Kier molecular flexibility index (Phi) is 3.01. The van der Waals surface area contributed by atoms with Gasteiger partial charge >= 0.3 is 0 Å². The Morgan fingerprint density at radius 3 is 2.93 bits per heavy atom. The maximum atomic E-state index is 4.40. The van der Waals surface area contributed by atoms with Crippen molar-refractivity contribution in [2.45, 2.75) is 26.2 Å². The monoisotopic (exact) mass is 255 g/mol. The smallest absolute Gasteiger partial charge is 0.131 e. The largest absolute Gasteiger partial charge is 0.370 e. The lowest BCUT2D eigenvalue weighted by Crippen LogP contribution is -2.07. The van der Waals surface area contributed by atoms with Crippen LogP contribution in [-0.4, -0.2) is 16.5 Å². The topological polar surface area (TPSA) is 37.8 Å². The van der Waals surface area contributed by atoms with Crippen LogP contribution in [0.15, 0.2) is 10.7 Å². The van der Waals surface area contributed by atoms with Crippen LogP contribution in [0.1, 0.15) is 25.6 Å². The predicted octanol–water partition coefficient (Wildman–Crippen LogP) is 2.62. The van der Waals surface area contributed by atoms with Gasteiger partial charge in [0.25, 0.3) is 0 Å². The second kappa shape index (κ2) is 4.26. The lowest BCUT2D eigenvalue weighted by Gasteiger charge is -2.06. The third-order valence-corrected chi connectivity index (χ3v) is 2.73. The maximum absolute atomic E-state index is 4.40. The summed E-state index contributed by atoms with van der Waals surface area (Å²) in [5.74, 6) is 2.70. The van der Waals surface area contributed by atoms with Crippen molar-refractivity contribution in [2.24, 2.45) is 5.92 Å². The summed E-state index contributed by atoms with van der Waals surface area (Å²) in [5.41, 5.74) is 0. The third-order valence-electron chi connectivity index (χ3n) is 2.33. The predicted molar refractivity (Wildman–Crippen MR) is 60.3 cm³/mol. The lowest BCUT2D eigenvalue weighted by atomic mass is 10.4. The van der Waals surface area contributed by atoms with Crippen molar-refractivity contribution in [1.82, 2.24) is 9.97 Å². The van der Waals surface area contributed by atoms with Gasteiger partial charge in [-0.15, -0.1) is 0 Å². The van der Waals surface area contributed by atoms with E-state index in [1.54, 1.807) is 0 Å². The minimum Gasteiger partial charge on any atom is -0.370 e. The van der Waals surface area contributed by atoms with Crippen molar-refractivity contribution < 1.29 is 0 Å². The first-order valence-electron chi connectivity index (χ1n) is 5.05. The molecule has 76 valence electrons. The fourth-order valence-corrected chi connectivity index (χ4v) is 1.71. The Labute approximate surface area is 92.5 Å². The van der Waals surface area contributed by atoms with Gasteiger partial charge in [0.05, 0.1) is 0 Å². The molecule has 1 aromatic heterocycles. The van der Waals surface area contributed by atoms with Crippen LogP contribution in [0.25, 0.3) is 0 Å². The summed E-state index contributed by atoms with van der Waals surface area (Å²) in [4.78, 5) is 8.66. The van der Waals surface area contributed by atoms with Gasteiger partial charge in [-0.2, -0.15) is 0 Å². The third kappa shape index (κ3) is 2.67. The minimum absolute atomic E-state index is 0.864. The molecule has 1 saturated carbocycles. The molecular formula is C10H14BrN3. The number of halogens is 1. The van der Waals surface area contributed by atoms with Gasteiger partial charge in [-0.3, -0.25) is 0 Å². The normalized spacial score (nSPS) is 15.6. The van der Waals surface area contributed by atoms with Crippen LogP contribution in [0.3, 0.4) is 0 Å². The standard InChI is InChI=1S/C10H14BrN3/c1-2-9-13-8(11)5-10(14-9)12-6-7-3-4-7/h5,7H,2-4,6H2,1H3,(H,12,13,14). The van der Waals surface area contributed by atoms with Gasteiger partial charge in [-0.1, -0.05) is 6.92 Å². The molecular weight excluding hydrogens is 242 g/mol. The summed E-state index contributed by atoms with van der Waals surface area (Å²) >= 11 is 3.39. The summed E-state index contributed by atoms with van der Waals surface area (Å²) < 4.78 is 0.864. The van der Waals surface area contributed by atoms with Crippen molar-refractivity contribution in [3.05, 3.63) is 16.5 Å². The molecule has 0 aromatic carbocycles. The fourth-order valence-electron chi connectivity index (χ4n) is 1.28. The molecule has 3 nitrogen and oxygen atoms in total. The number of hydrogen-bond acceptors (Lipinski definition) is 3. The van der Waals surface area contributed by atoms with E-state index in [4.69, 9.17) is 0 Å². The van der Waals surface area contributed by atoms with E-state index in [1.807, 2.05) is 6.07 Å². The van der Waals surface area contributed by atoms with E-state index in [1.165, 1.54) is 12.8 Å². The highest BCUT2D eigenvalue weighted by Gasteiger charge is 2.20. The quantitative estimate of drug-likeness (QED) is 0.841. The highest BCUT2D eigenvalue weighted by molar-refractivity contribution is 9.10. The van der Waals surface area contributed by atoms with E-state index in [0.717, 1.165) is 35.1 Å². The van der Waals surface area contributed by atoms with Crippen LogP contribution in [-0.2, 0) is 6.42 Å². The second-order valence-corrected chi connectivity index (χ2v) is 4.48. The molecule has 1 heterocycles. The van der Waals surface area contributed by atoms with Crippen molar-refractivity contribution in [3.8, 4) is 0 Å². The molecule has 0 unspecified atom stereocenters. The Morgan fingerprint density at radius 2 is 2.29 bits per heavy atom. The van der Waals surface area contributed by atoms with Crippen LogP contribution in [0, 0.1) is 5.92 Å². The minimum atomic E-state index is 0.864. The van der Waals surface area contributed by atoms with Gasteiger partial charge < -0.3 is 5.32 Å². The van der Waals surface area contributed by atoms with Crippen LogP contribution in [0.5, 0.6) is 0 Å². The first-order valence-corrected chi connectivity index (χ1v) is 5.84. The Bertz CT molecular complexity index is 323.